The van der Waals surface area contributed by atoms with E-state index in [-0.39, 0.29) is 11.8 Å². The predicted molar refractivity (Wildman–Crippen MR) is 114 cm³/mol. The van der Waals surface area contributed by atoms with Crippen LogP contribution in [0, 0.1) is 12.8 Å². The fraction of sp³-hybridized carbons (Fsp3) is 0.619. The lowest BCUT2D eigenvalue weighted by molar-refractivity contribution is -0.123. The number of rotatable bonds is 10. The van der Waals surface area contributed by atoms with Gasteiger partial charge in [-0.2, -0.15) is 0 Å². The van der Waals surface area contributed by atoms with Crippen molar-refractivity contribution < 1.29 is 9.53 Å². The summed E-state index contributed by atoms with van der Waals surface area (Å²) >= 11 is 0. The van der Waals surface area contributed by atoms with Crippen LogP contribution in [0.2, 0.25) is 0 Å². The number of aliphatic imine (C=N–C) groups is 1. The molecule has 0 bridgehead atoms. The fourth-order valence-corrected chi connectivity index (χ4v) is 3.29. The molecule has 0 aromatic heterocycles. The summed E-state index contributed by atoms with van der Waals surface area (Å²) in [6.07, 6.45) is 2.92. The molecule has 1 aromatic rings. The monoisotopic (exact) mass is 389 g/mol. The average Bonchev–Trinajstić information content (AvgIpc) is 2.70. The van der Waals surface area contributed by atoms with E-state index in [0.29, 0.717) is 13.2 Å². The van der Waals surface area contributed by atoms with Crippen molar-refractivity contribution in [3.8, 4) is 5.75 Å². The highest BCUT2D eigenvalue weighted by molar-refractivity contribution is 5.79. The van der Waals surface area contributed by atoms with E-state index in [2.05, 4.69) is 34.4 Å². The van der Waals surface area contributed by atoms with Gasteiger partial charge in [0, 0.05) is 19.6 Å². The number of benzene rings is 1. The van der Waals surface area contributed by atoms with Crippen LogP contribution in [0.4, 0.5) is 0 Å². The third-order valence-electron chi connectivity index (χ3n) is 4.84. The van der Waals surface area contributed by atoms with E-state index in [9.17, 15) is 4.79 Å². The maximum absolute atomic E-state index is 11.4. The molecular weight excluding hydrogens is 354 g/mol. The molecule has 156 valence electrons. The normalized spacial score (nSPS) is 17.9. The quantitative estimate of drug-likeness (QED) is 0.321. The number of piperidine rings is 1. The van der Waals surface area contributed by atoms with E-state index in [1.165, 1.54) is 5.56 Å². The van der Waals surface area contributed by atoms with Crippen molar-refractivity contribution in [3.63, 3.8) is 0 Å². The maximum atomic E-state index is 11.4. The first-order chi connectivity index (χ1) is 13.6. The Morgan fingerprint density at radius 3 is 2.82 bits per heavy atom. The minimum Gasteiger partial charge on any atom is -0.492 e. The third kappa shape index (κ3) is 8.17. The van der Waals surface area contributed by atoms with Gasteiger partial charge in [-0.05, 0) is 58.3 Å². The van der Waals surface area contributed by atoms with Crippen LogP contribution in [0.25, 0.3) is 0 Å². The van der Waals surface area contributed by atoms with Crippen molar-refractivity contribution in [2.75, 3.05) is 45.9 Å². The van der Waals surface area contributed by atoms with Gasteiger partial charge in [-0.3, -0.25) is 9.79 Å². The number of likely N-dealkylation sites (tertiary alicyclic amines) is 1. The summed E-state index contributed by atoms with van der Waals surface area (Å²) in [6.45, 7) is 9.72. The highest BCUT2D eigenvalue weighted by atomic mass is 16.5. The van der Waals surface area contributed by atoms with Gasteiger partial charge >= 0.3 is 0 Å². The molecule has 1 aliphatic heterocycles. The van der Waals surface area contributed by atoms with E-state index in [4.69, 9.17) is 10.5 Å². The molecule has 2 rings (SSSR count). The number of carbonyl (C=O) groups excluding carboxylic acids is 1. The molecule has 0 spiro atoms. The Labute approximate surface area is 168 Å². The van der Waals surface area contributed by atoms with Crippen molar-refractivity contribution >= 4 is 11.9 Å². The third-order valence-corrected chi connectivity index (χ3v) is 4.84. The van der Waals surface area contributed by atoms with Crippen LogP contribution in [0.5, 0.6) is 5.75 Å². The van der Waals surface area contributed by atoms with Crippen LogP contribution in [0.1, 0.15) is 31.7 Å². The molecule has 7 nitrogen and oxygen atoms in total. The number of guanidine groups is 1. The number of carbonyl (C=O) groups is 1. The predicted octanol–water partition coefficient (Wildman–Crippen LogP) is 1.52. The average molecular weight is 390 g/mol. The molecule has 1 aliphatic rings. The van der Waals surface area contributed by atoms with Crippen LogP contribution in [-0.4, -0.2) is 62.6 Å². The van der Waals surface area contributed by atoms with Gasteiger partial charge in [0.2, 0.25) is 5.91 Å². The smallest absolute Gasteiger partial charge is 0.221 e. The topological polar surface area (TPSA) is 92.0 Å². The highest BCUT2D eigenvalue weighted by Crippen LogP contribution is 2.16. The van der Waals surface area contributed by atoms with E-state index >= 15 is 0 Å². The summed E-state index contributed by atoms with van der Waals surface area (Å²) < 4.78 is 5.73. The van der Waals surface area contributed by atoms with Gasteiger partial charge in [0.1, 0.15) is 12.4 Å². The van der Waals surface area contributed by atoms with E-state index in [1.807, 2.05) is 24.3 Å². The Morgan fingerprint density at radius 2 is 2.11 bits per heavy atom. The molecule has 1 fully saturated rings. The summed E-state index contributed by atoms with van der Waals surface area (Å²) in [6, 6.07) is 8.06. The first kappa shape index (κ1) is 22.0. The van der Waals surface area contributed by atoms with Crippen LogP contribution in [-0.2, 0) is 4.79 Å². The maximum Gasteiger partial charge on any atom is 0.221 e. The second kappa shape index (κ2) is 12.2. The number of hydrogen-bond acceptors (Lipinski definition) is 4. The lowest BCUT2D eigenvalue weighted by Crippen LogP contribution is -2.41. The lowest BCUT2D eigenvalue weighted by Gasteiger charge is -2.30. The number of nitrogens with one attached hydrogen (secondary N) is 2. The van der Waals surface area contributed by atoms with E-state index in [0.717, 1.165) is 63.7 Å². The molecule has 1 saturated heterocycles. The first-order valence-corrected chi connectivity index (χ1v) is 10.3. The Balaban J connectivity index is 1.65. The summed E-state index contributed by atoms with van der Waals surface area (Å²) in [5.74, 6) is 1.52. The Hall–Kier alpha value is -2.28. The molecule has 4 N–H and O–H groups in total. The fourth-order valence-electron chi connectivity index (χ4n) is 3.29. The molecule has 0 radical (unpaired) electrons. The number of nitrogens with two attached hydrogens (primary N) is 1. The Kier molecular flexibility index (Phi) is 9.62. The van der Waals surface area contributed by atoms with Crippen LogP contribution >= 0.6 is 0 Å². The Bertz CT molecular complexity index is 618. The molecular formula is C21H35N5O2. The van der Waals surface area contributed by atoms with Gasteiger partial charge in [0.05, 0.1) is 12.5 Å². The van der Waals surface area contributed by atoms with Crippen molar-refractivity contribution in [2.24, 2.45) is 16.6 Å². The SMILES string of the molecule is CCNC(=NCCCN1CCCC(C(N)=O)C1)NCCOc1ccc(C)cc1. The number of amides is 1. The summed E-state index contributed by atoms with van der Waals surface area (Å²) in [5, 5.41) is 6.56. The van der Waals surface area contributed by atoms with Gasteiger partial charge in [-0.15, -0.1) is 0 Å². The second-order valence-electron chi connectivity index (χ2n) is 7.24. The summed E-state index contributed by atoms with van der Waals surface area (Å²) in [4.78, 5) is 18.3. The van der Waals surface area contributed by atoms with Crippen molar-refractivity contribution in [3.05, 3.63) is 29.8 Å². The molecule has 1 amide bonds. The number of ether oxygens (including phenoxy) is 1. The van der Waals surface area contributed by atoms with Gasteiger partial charge in [0.15, 0.2) is 5.96 Å². The lowest BCUT2D eigenvalue weighted by atomic mass is 9.97. The minimum atomic E-state index is -0.172. The largest absolute Gasteiger partial charge is 0.492 e. The molecule has 1 aromatic carbocycles. The van der Waals surface area contributed by atoms with Crippen LogP contribution in [0.3, 0.4) is 0 Å². The van der Waals surface area contributed by atoms with Crippen molar-refractivity contribution in [2.45, 2.75) is 33.1 Å². The number of aryl methyl sites for hydroxylation is 1. The van der Waals surface area contributed by atoms with Gasteiger partial charge < -0.3 is 26.0 Å². The van der Waals surface area contributed by atoms with E-state index in [1.54, 1.807) is 0 Å². The molecule has 0 saturated carbocycles. The highest BCUT2D eigenvalue weighted by Gasteiger charge is 2.23. The van der Waals surface area contributed by atoms with Gasteiger partial charge in [-0.25, -0.2) is 0 Å². The van der Waals surface area contributed by atoms with Crippen LogP contribution in [0.15, 0.2) is 29.3 Å². The second-order valence-corrected chi connectivity index (χ2v) is 7.24. The zero-order valence-electron chi connectivity index (χ0n) is 17.2. The van der Waals surface area contributed by atoms with Gasteiger partial charge in [-0.1, -0.05) is 17.7 Å². The summed E-state index contributed by atoms with van der Waals surface area (Å²) in [7, 11) is 0. The Morgan fingerprint density at radius 1 is 1.32 bits per heavy atom. The molecule has 7 heteroatoms. The molecule has 28 heavy (non-hydrogen) atoms. The van der Waals surface area contributed by atoms with Gasteiger partial charge in [0.25, 0.3) is 0 Å². The first-order valence-electron chi connectivity index (χ1n) is 10.3. The molecule has 1 heterocycles. The molecule has 0 aliphatic carbocycles. The zero-order valence-corrected chi connectivity index (χ0v) is 17.2. The van der Waals surface area contributed by atoms with E-state index < -0.39 is 0 Å². The molecule has 1 atom stereocenters. The number of nitrogens with zero attached hydrogens (tertiary/aromatic N) is 2. The number of primary amides is 1. The van der Waals surface area contributed by atoms with Crippen molar-refractivity contribution in [1.82, 2.24) is 15.5 Å². The molecule has 1 unspecified atom stereocenters. The van der Waals surface area contributed by atoms with Crippen molar-refractivity contribution in [1.29, 1.82) is 0 Å². The summed E-state index contributed by atoms with van der Waals surface area (Å²) in [5.41, 5.74) is 6.67. The van der Waals surface area contributed by atoms with Crippen LogP contribution < -0.4 is 21.1 Å². The minimum absolute atomic E-state index is 0.00441. The zero-order chi connectivity index (χ0) is 20.2. The number of hydrogen-bond donors (Lipinski definition) is 3. The standard InChI is InChI=1S/C21H35N5O2/c1-3-23-21(25-12-15-28-19-9-7-17(2)8-10-19)24-11-5-14-26-13-4-6-18(16-26)20(22)27/h7-10,18H,3-6,11-16H2,1-2H3,(H2,22,27)(H2,23,24,25).